The minimum absolute atomic E-state index is 0.199. The van der Waals surface area contributed by atoms with Gasteiger partial charge in [0.2, 0.25) is 5.28 Å². The Bertz CT molecular complexity index is 209. The van der Waals surface area contributed by atoms with Crippen molar-refractivity contribution in [2.75, 3.05) is 0 Å². The molecule has 1 rings (SSSR count). The third kappa shape index (κ3) is 1.65. The van der Waals surface area contributed by atoms with Crippen LogP contribution in [0.3, 0.4) is 0 Å². The Balaban J connectivity index is 2.89. The molecule has 54 valence electrons. The zero-order valence-electron chi connectivity index (χ0n) is 5.45. The Morgan fingerprint density at radius 3 is 2.40 bits per heavy atom. The van der Waals surface area contributed by atoms with Crippen LogP contribution in [-0.2, 0) is 0 Å². The topological polar surface area (TPSA) is 46.0 Å². The van der Waals surface area contributed by atoms with Crippen LogP contribution in [0.25, 0.3) is 0 Å². The maximum atomic E-state index is 8.99. The highest BCUT2D eigenvalue weighted by Gasteiger charge is 1.99. The average molecular weight is 159 g/mol. The first-order valence-electron chi connectivity index (χ1n) is 2.85. The van der Waals surface area contributed by atoms with Crippen molar-refractivity contribution in [1.29, 1.82) is 0 Å². The number of aliphatic hydroxyl groups is 1. The lowest BCUT2D eigenvalue weighted by atomic mass is 10.2. The van der Waals surface area contributed by atoms with Crippen LogP contribution in [0.5, 0.6) is 0 Å². The summed E-state index contributed by atoms with van der Waals surface area (Å²) < 4.78 is 0. The van der Waals surface area contributed by atoms with E-state index in [2.05, 4.69) is 9.97 Å². The van der Waals surface area contributed by atoms with E-state index in [9.17, 15) is 0 Å². The molecule has 4 heteroatoms. The molecular formula is C6H7ClN2O. The number of hydrogen-bond donors (Lipinski definition) is 1. The molecule has 1 heterocycles. The number of nitrogens with zero attached hydrogens (tertiary/aromatic N) is 2. The molecule has 1 aromatic heterocycles. The number of aliphatic hydroxyl groups excluding tert-OH is 1. The maximum absolute atomic E-state index is 8.99. The van der Waals surface area contributed by atoms with Crippen LogP contribution in [0.4, 0.5) is 0 Å². The SMILES string of the molecule is CC(O)c1cnc(Cl)nc1. The quantitative estimate of drug-likeness (QED) is 0.625. The van der Waals surface area contributed by atoms with Crippen LogP contribution >= 0.6 is 11.6 Å². The van der Waals surface area contributed by atoms with Crippen LogP contribution < -0.4 is 0 Å². The van der Waals surface area contributed by atoms with E-state index in [1.54, 1.807) is 6.92 Å². The summed E-state index contributed by atoms with van der Waals surface area (Å²) >= 11 is 5.41. The largest absolute Gasteiger partial charge is 0.389 e. The summed E-state index contributed by atoms with van der Waals surface area (Å²) in [4.78, 5) is 7.39. The molecule has 1 atom stereocenters. The van der Waals surface area contributed by atoms with E-state index in [1.165, 1.54) is 12.4 Å². The summed E-state index contributed by atoms with van der Waals surface area (Å²) in [5, 5.41) is 9.19. The second kappa shape index (κ2) is 2.94. The molecule has 0 radical (unpaired) electrons. The van der Waals surface area contributed by atoms with Crippen LogP contribution in [0, 0.1) is 0 Å². The molecule has 3 nitrogen and oxygen atoms in total. The summed E-state index contributed by atoms with van der Waals surface area (Å²) in [7, 11) is 0. The van der Waals surface area contributed by atoms with Gasteiger partial charge in [0.25, 0.3) is 0 Å². The van der Waals surface area contributed by atoms with E-state index in [1.807, 2.05) is 0 Å². The van der Waals surface area contributed by atoms with Crippen LogP contribution in [0.2, 0.25) is 5.28 Å². The number of rotatable bonds is 1. The molecule has 0 fully saturated rings. The molecule has 0 saturated heterocycles. The normalized spacial score (nSPS) is 13.1. The van der Waals surface area contributed by atoms with Crippen molar-refractivity contribution in [3.05, 3.63) is 23.2 Å². The third-order valence-electron chi connectivity index (χ3n) is 1.12. The monoisotopic (exact) mass is 158 g/mol. The molecule has 0 saturated carbocycles. The van der Waals surface area contributed by atoms with Crippen molar-refractivity contribution in [2.45, 2.75) is 13.0 Å². The molecule has 0 amide bonds. The fourth-order valence-electron chi connectivity index (χ4n) is 0.538. The Labute approximate surface area is 63.7 Å². The zero-order valence-corrected chi connectivity index (χ0v) is 6.21. The highest BCUT2D eigenvalue weighted by Crippen LogP contribution is 2.09. The van der Waals surface area contributed by atoms with Gasteiger partial charge in [0.05, 0.1) is 6.10 Å². The average Bonchev–Trinajstić information content (AvgIpc) is 1.88. The number of aromatic nitrogens is 2. The van der Waals surface area contributed by atoms with Gasteiger partial charge in [-0.15, -0.1) is 0 Å². The van der Waals surface area contributed by atoms with Gasteiger partial charge in [0.15, 0.2) is 0 Å². The van der Waals surface area contributed by atoms with Crippen molar-refractivity contribution >= 4 is 11.6 Å². The summed E-state index contributed by atoms with van der Waals surface area (Å²) in [6.45, 7) is 1.65. The van der Waals surface area contributed by atoms with Gasteiger partial charge < -0.3 is 5.11 Å². The van der Waals surface area contributed by atoms with E-state index < -0.39 is 6.10 Å². The lowest BCUT2D eigenvalue weighted by Crippen LogP contribution is -1.93. The molecule has 1 aromatic rings. The minimum atomic E-state index is -0.530. The highest BCUT2D eigenvalue weighted by atomic mass is 35.5. The minimum Gasteiger partial charge on any atom is -0.389 e. The smallest absolute Gasteiger partial charge is 0.222 e. The zero-order chi connectivity index (χ0) is 7.56. The molecule has 0 bridgehead atoms. The van der Waals surface area contributed by atoms with Gasteiger partial charge in [-0.05, 0) is 18.5 Å². The van der Waals surface area contributed by atoms with Crippen molar-refractivity contribution in [2.24, 2.45) is 0 Å². The molecule has 0 aliphatic heterocycles. The maximum Gasteiger partial charge on any atom is 0.222 e. The fraction of sp³-hybridized carbons (Fsp3) is 0.333. The lowest BCUT2D eigenvalue weighted by Gasteiger charge is -2.00. The molecule has 0 aliphatic carbocycles. The standard InChI is InChI=1S/C6H7ClN2O/c1-4(10)5-2-8-6(7)9-3-5/h2-4,10H,1H3. The molecule has 1 unspecified atom stereocenters. The summed E-state index contributed by atoms with van der Waals surface area (Å²) in [6, 6.07) is 0. The van der Waals surface area contributed by atoms with Gasteiger partial charge in [0.1, 0.15) is 0 Å². The van der Waals surface area contributed by atoms with Gasteiger partial charge in [-0.25, -0.2) is 9.97 Å². The van der Waals surface area contributed by atoms with E-state index in [0.29, 0.717) is 5.56 Å². The van der Waals surface area contributed by atoms with Crippen LogP contribution in [0.15, 0.2) is 12.4 Å². The number of halogens is 1. The van der Waals surface area contributed by atoms with Crippen molar-refractivity contribution in [1.82, 2.24) is 9.97 Å². The Morgan fingerprint density at radius 2 is 2.00 bits per heavy atom. The molecule has 0 spiro atoms. The van der Waals surface area contributed by atoms with E-state index in [-0.39, 0.29) is 5.28 Å². The first kappa shape index (κ1) is 7.44. The second-order valence-corrected chi connectivity index (χ2v) is 2.30. The lowest BCUT2D eigenvalue weighted by molar-refractivity contribution is 0.198. The Morgan fingerprint density at radius 1 is 1.50 bits per heavy atom. The van der Waals surface area contributed by atoms with Crippen molar-refractivity contribution < 1.29 is 5.11 Å². The van der Waals surface area contributed by atoms with Crippen molar-refractivity contribution in [3.63, 3.8) is 0 Å². The van der Waals surface area contributed by atoms with Gasteiger partial charge in [-0.2, -0.15) is 0 Å². The predicted molar refractivity (Wildman–Crippen MR) is 37.7 cm³/mol. The Kier molecular flexibility index (Phi) is 2.19. The summed E-state index contributed by atoms with van der Waals surface area (Å²) in [5.41, 5.74) is 0.671. The highest BCUT2D eigenvalue weighted by molar-refractivity contribution is 6.28. The van der Waals surface area contributed by atoms with Gasteiger partial charge in [0, 0.05) is 18.0 Å². The van der Waals surface area contributed by atoms with E-state index in [4.69, 9.17) is 16.7 Å². The van der Waals surface area contributed by atoms with Crippen LogP contribution in [-0.4, -0.2) is 15.1 Å². The fourth-order valence-corrected chi connectivity index (χ4v) is 0.636. The van der Waals surface area contributed by atoms with E-state index in [0.717, 1.165) is 0 Å². The van der Waals surface area contributed by atoms with Gasteiger partial charge in [-0.1, -0.05) is 0 Å². The molecule has 1 N–H and O–H groups in total. The first-order valence-corrected chi connectivity index (χ1v) is 3.23. The van der Waals surface area contributed by atoms with Gasteiger partial charge >= 0.3 is 0 Å². The second-order valence-electron chi connectivity index (χ2n) is 1.96. The molecule has 0 aromatic carbocycles. The first-order chi connectivity index (χ1) is 4.70. The Hall–Kier alpha value is -0.670. The van der Waals surface area contributed by atoms with E-state index >= 15 is 0 Å². The van der Waals surface area contributed by atoms with Gasteiger partial charge in [-0.3, -0.25) is 0 Å². The molecule has 10 heavy (non-hydrogen) atoms. The number of hydrogen-bond acceptors (Lipinski definition) is 3. The van der Waals surface area contributed by atoms with Crippen LogP contribution in [0.1, 0.15) is 18.6 Å². The molecular weight excluding hydrogens is 152 g/mol. The summed E-state index contributed by atoms with van der Waals surface area (Å²) in [5.74, 6) is 0. The van der Waals surface area contributed by atoms with Crippen molar-refractivity contribution in [3.8, 4) is 0 Å². The summed E-state index contributed by atoms with van der Waals surface area (Å²) in [6.07, 6.45) is 2.47. The third-order valence-corrected chi connectivity index (χ3v) is 1.32. The predicted octanol–water partition coefficient (Wildman–Crippen LogP) is 1.18. The molecule has 0 aliphatic rings.